The van der Waals surface area contributed by atoms with Crippen molar-refractivity contribution in [2.75, 3.05) is 31.1 Å². The lowest BCUT2D eigenvalue weighted by Gasteiger charge is -2.39. The standard InChI is InChI=1S/C31H33ClN2.2ClH/c1-3-33(4-2)29-16-18-34(19-17-29)31-22-26(20-27-21-28(32)14-15-30(27)31)25-12-10-24(11-13-25)23-8-6-5-7-9-23;;/h5-15,20-22,29H,3-4,16-19H2,1-2H3;2*1H. The van der Waals surface area contributed by atoms with E-state index in [2.05, 4.69) is 103 Å². The van der Waals surface area contributed by atoms with Crippen LogP contribution in [0.3, 0.4) is 0 Å². The fourth-order valence-corrected chi connectivity index (χ4v) is 5.63. The van der Waals surface area contributed by atoms with Crippen LogP contribution in [0.5, 0.6) is 0 Å². The molecule has 0 spiro atoms. The van der Waals surface area contributed by atoms with E-state index < -0.39 is 0 Å². The molecule has 1 aliphatic rings. The van der Waals surface area contributed by atoms with E-state index >= 15 is 0 Å². The normalized spacial score (nSPS) is 13.9. The van der Waals surface area contributed by atoms with Gasteiger partial charge < -0.3 is 9.80 Å². The van der Waals surface area contributed by atoms with Crippen molar-refractivity contribution >= 4 is 52.9 Å². The van der Waals surface area contributed by atoms with E-state index in [0.29, 0.717) is 6.04 Å². The summed E-state index contributed by atoms with van der Waals surface area (Å²) in [7, 11) is 0. The van der Waals surface area contributed by atoms with Crippen LogP contribution < -0.4 is 4.90 Å². The van der Waals surface area contributed by atoms with E-state index in [9.17, 15) is 0 Å². The largest absolute Gasteiger partial charge is 0.371 e. The van der Waals surface area contributed by atoms with Gasteiger partial charge in [-0.25, -0.2) is 0 Å². The summed E-state index contributed by atoms with van der Waals surface area (Å²) in [5.74, 6) is 0. The van der Waals surface area contributed by atoms with Gasteiger partial charge in [0.15, 0.2) is 0 Å². The van der Waals surface area contributed by atoms with E-state index in [4.69, 9.17) is 11.6 Å². The van der Waals surface area contributed by atoms with E-state index in [0.717, 1.165) is 31.2 Å². The first-order chi connectivity index (χ1) is 16.7. The van der Waals surface area contributed by atoms with Crippen molar-refractivity contribution in [1.29, 1.82) is 0 Å². The SMILES string of the molecule is CCN(CC)C1CCN(c2cc(-c3ccc(-c4ccccc4)cc3)cc3cc(Cl)ccc23)CC1.Cl.Cl. The average Bonchev–Trinajstić information content (AvgIpc) is 2.89. The monoisotopic (exact) mass is 540 g/mol. The number of halogens is 3. The molecule has 1 aliphatic heterocycles. The first kappa shape index (κ1) is 28.3. The summed E-state index contributed by atoms with van der Waals surface area (Å²) in [4.78, 5) is 5.19. The zero-order chi connectivity index (χ0) is 23.5. The van der Waals surface area contributed by atoms with Crippen molar-refractivity contribution in [3.8, 4) is 22.3 Å². The fourth-order valence-electron chi connectivity index (χ4n) is 5.45. The second-order valence-electron chi connectivity index (χ2n) is 9.24. The first-order valence-electron chi connectivity index (χ1n) is 12.5. The highest BCUT2D eigenvalue weighted by atomic mass is 35.5. The molecule has 36 heavy (non-hydrogen) atoms. The Hall–Kier alpha value is -2.23. The predicted octanol–water partition coefficient (Wildman–Crippen LogP) is 8.98. The van der Waals surface area contributed by atoms with E-state index in [1.807, 2.05) is 6.07 Å². The molecule has 0 aliphatic carbocycles. The molecule has 0 atom stereocenters. The molecule has 4 aromatic rings. The zero-order valence-electron chi connectivity index (χ0n) is 21.0. The van der Waals surface area contributed by atoms with Gasteiger partial charge in [0, 0.05) is 35.2 Å². The van der Waals surface area contributed by atoms with Crippen LogP contribution in [-0.4, -0.2) is 37.1 Å². The number of fused-ring (bicyclic) bond motifs is 1. The minimum Gasteiger partial charge on any atom is -0.371 e. The second-order valence-corrected chi connectivity index (χ2v) is 9.68. The summed E-state index contributed by atoms with van der Waals surface area (Å²) in [6.07, 6.45) is 2.43. The first-order valence-corrected chi connectivity index (χ1v) is 12.9. The maximum atomic E-state index is 6.41. The summed E-state index contributed by atoms with van der Waals surface area (Å²) in [6.45, 7) is 9.01. The molecule has 1 heterocycles. The van der Waals surface area contributed by atoms with Gasteiger partial charge in [0.05, 0.1) is 0 Å². The Morgan fingerprint density at radius 3 is 1.92 bits per heavy atom. The molecule has 0 N–H and O–H groups in total. The third-order valence-corrected chi connectivity index (χ3v) is 7.59. The van der Waals surface area contributed by atoms with Crippen molar-refractivity contribution in [1.82, 2.24) is 4.90 Å². The minimum absolute atomic E-state index is 0. The highest BCUT2D eigenvalue weighted by Crippen LogP contribution is 2.36. The third-order valence-electron chi connectivity index (χ3n) is 7.35. The highest BCUT2D eigenvalue weighted by molar-refractivity contribution is 6.31. The van der Waals surface area contributed by atoms with Crippen LogP contribution in [0.1, 0.15) is 26.7 Å². The number of anilines is 1. The lowest BCUT2D eigenvalue weighted by molar-refractivity contribution is 0.186. The number of benzene rings is 4. The maximum absolute atomic E-state index is 6.41. The van der Waals surface area contributed by atoms with Gasteiger partial charge in [0.2, 0.25) is 0 Å². The van der Waals surface area contributed by atoms with Crippen LogP contribution in [0.15, 0.2) is 84.9 Å². The molecule has 4 aromatic carbocycles. The van der Waals surface area contributed by atoms with Crippen LogP contribution in [-0.2, 0) is 0 Å². The zero-order valence-corrected chi connectivity index (χ0v) is 23.4. The molecular formula is C31H35Cl3N2. The Kier molecular flexibility index (Phi) is 10.1. The van der Waals surface area contributed by atoms with Crippen molar-refractivity contribution < 1.29 is 0 Å². The molecule has 1 saturated heterocycles. The lowest BCUT2D eigenvalue weighted by Crippen LogP contribution is -2.44. The van der Waals surface area contributed by atoms with Gasteiger partial charge in [-0.2, -0.15) is 0 Å². The molecule has 0 aromatic heterocycles. The van der Waals surface area contributed by atoms with Gasteiger partial charge in [-0.3, -0.25) is 0 Å². The lowest BCUT2D eigenvalue weighted by atomic mass is 9.95. The van der Waals surface area contributed by atoms with Crippen LogP contribution in [0.25, 0.3) is 33.0 Å². The van der Waals surface area contributed by atoms with Gasteiger partial charge in [-0.05, 0) is 77.8 Å². The Morgan fingerprint density at radius 1 is 0.722 bits per heavy atom. The topological polar surface area (TPSA) is 6.48 Å². The summed E-state index contributed by atoms with van der Waals surface area (Å²) < 4.78 is 0. The van der Waals surface area contributed by atoms with Crippen molar-refractivity contribution in [2.45, 2.75) is 32.7 Å². The summed E-state index contributed by atoms with van der Waals surface area (Å²) in [6, 6.07) is 31.2. The number of hydrogen-bond donors (Lipinski definition) is 0. The van der Waals surface area contributed by atoms with Gasteiger partial charge >= 0.3 is 0 Å². The smallest absolute Gasteiger partial charge is 0.0452 e. The maximum Gasteiger partial charge on any atom is 0.0452 e. The van der Waals surface area contributed by atoms with Crippen LogP contribution in [0.4, 0.5) is 5.69 Å². The Bertz CT molecular complexity index is 1250. The second kappa shape index (κ2) is 12.8. The van der Waals surface area contributed by atoms with Crippen molar-refractivity contribution in [2.24, 2.45) is 0 Å². The molecule has 5 heteroatoms. The number of hydrogen-bond acceptors (Lipinski definition) is 2. The quantitative estimate of drug-likeness (QED) is 0.240. The predicted molar refractivity (Wildman–Crippen MR) is 162 cm³/mol. The van der Waals surface area contributed by atoms with Gasteiger partial charge in [-0.1, -0.05) is 86.1 Å². The van der Waals surface area contributed by atoms with E-state index in [-0.39, 0.29) is 24.8 Å². The van der Waals surface area contributed by atoms with Crippen LogP contribution >= 0.6 is 36.4 Å². The number of rotatable bonds is 6. The molecular weight excluding hydrogens is 507 g/mol. The molecule has 0 amide bonds. The van der Waals surface area contributed by atoms with E-state index in [1.54, 1.807) is 0 Å². The Balaban J connectivity index is 0.00000180. The molecule has 5 rings (SSSR count). The molecule has 1 fully saturated rings. The molecule has 2 nitrogen and oxygen atoms in total. The minimum atomic E-state index is 0. The fraction of sp³-hybridized carbons (Fsp3) is 0.290. The molecule has 0 saturated carbocycles. The Morgan fingerprint density at radius 2 is 1.31 bits per heavy atom. The number of piperidine rings is 1. The average molecular weight is 542 g/mol. The highest BCUT2D eigenvalue weighted by Gasteiger charge is 2.24. The summed E-state index contributed by atoms with van der Waals surface area (Å²) >= 11 is 6.41. The molecule has 190 valence electrons. The Labute approximate surface area is 233 Å². The van der Waals surface area contributed by atoms with Crippen LogP contribution in [0, 0.1) is 0 Å². The van der Waals surface area contributed by atoms with Gasteiger partial charge in [0.25, 0.3) is 0 Å². The van der Waals surface area contributed by atoms with E-state index in [1.165, 1.54) is 51.6 Å². The third kappa shape index (κ3) is 6.01. The summed E-state index contributed by atoms with van der Waals surface area (Å²) in [5, 5.41) is 3.28. The number of nitrogens with zero attached hydrogens (tertiary/aromatic N) is 2. The molecule has 0 radical (unpaired) electrons. The van der Waals surface area contributed by atoms with Gasteiger partial charge in [0.1, 0.15) is 0 Å². The summed E-state index contributed by atoms with van der Waals surface area (Å²) in [5.41, 5.74) is 6.30. The van der Waals surface area contributed by atoms with Gasteiger partial charge in [-0.15, -0.1) is 24.8 Å². The van der Waals surface area contributed by atoms with Crippen molar-refractivity contribution in [3.05, 3.63) is 90.0 Å². The molecule has 0 bridgehead atoms. The molecule has 0 unspecified atom stereocenters. The van der Waals surface area contributed by atoms with Crippen molar-refractivity contribution in [3.63, 3.8) is 0 Å². The van der Waals surface area contributed by atoms with Crippen LogP contribution in [0.2, 0.25) is 5.02 Å².